The topological polar surface area (TPSA) is 64.0 Å². The molecule has 0 amide bonds. The minimum absolute atomic E-state index is 0.182. The minimum Gasteiger partial charge on any atom is -0.481 e. The molecule has 0 radical (unpaired) electrons. The lowest BCUT2D eigenvalue weighted by Crippen LogP contribution is -2.48. The lowest BCUT2D eigenvalue weighted by molar-refractivity contribution is -0.139. The van der Waals surface area contributed by atoms with Crippen LogP contribution >= 0.6 is 0 Å². The molecular formula is C15H22N2O3. The summed E-state index contributed by atoms with van der Waals surface area (Å²) in [6.07, 6.45) is -0.962. The molecule has 1 aromatic carbocycles. The second-order valence-electron chi connectivity index (χ2n) is 5.38. The molecule has 1 saturated heterocycles. The fourth-order valence-corrected chi connectivity index (χ4v) is 2.58. The number of carboxylic acids is 1. The van der Waals surface area contributed by atoms with Gasteiger partial charge in [0.15, 0.2) is 0 Å². The Bertz CT molecular complexity index is 456. The first-order valence-corrected chi connectivity index (χ1v) is 6.98. The van der Waals surface area contributed by atoms with E-state index in [0.717, 1.165) is 26.2 Å². The van der Waals surface area contributed by atoms with Crippen molar-refractivity contribution < 1.29 is 15.0 Å². The first-order valence-electron chi connectivity index (χ1n) is 6.98. The molecule has 1 heterocycles. The van der Waals surface area contributed by atoms with E-state index in [1.165, 1.54) is 11.3 Å². The Morgan fingerprint density at radius 2 is 2.00 bits per heavy atom. The van der Waals surface area contributed by atoms with Crippen molar-refractivity contribution in [3.8, 4) is 0 Å². The predicted molar refractivity (Wildman–Crippen MR) is 78.1 cm³/mol. The molecule has 5 heteroatoms. The van der Waals surface area contributed by atoms with E-state index in [0.29, 0.717) is 6.54 Å². The molecule has 20 heavy (non-hydrogen) atoms. The van der Waals surface area contributed by atoms with Crippen LogP contribution in [0.4, 0.5) is 5.69 Å². The predicted octanol–water partition coefficient (Wildman–Crippen LogP) is 0.953. The van der Waals surface area contributed by atoms with E-state index in [1.54, 1.807) is 0 Å². The summed E-state index contributed by atoms with van der Waals surface area (Å²) in [7, 11) is 0. The van der Waals surface area contributed by atoms with Crippen LogP contribution in [0.3, 0.4) is 0 Å². The number of carbonyl (C=O) groups is 1. The van der Waals surface area contributed by atoms with Crippen molar-refractivity contribution in [2.24, 2.45) is 0 Å². The van der Waals surface area contributed by atoms with Crippen molar-refractivity contribution in [1.82, 2.24) is 4.90 Å². The average Bonchev–Trinajstić information content (AvgIpc) is 2.38. The van der Waals surface area contributed by atoms with E-state index in [4.69, 9.17) is 5.11 Å². The van der Waals surface area contributed by atoms with Crippen LogP contribution in [0, 0.1) is 6.92 Å². The fourth-order valence-electron chi connectivity index (χ4n) is 2.58. The molecule has 1 aliphatic heterocycles. The number of β-amino-alcohol motifs (C(OH)–C–C–N with tert-alkyl or cyclic N) is 1. The second kappa shape index (κ2) is 6.72. The molecule has 1 atom stereocenters. The van der Waals surface area contributed by atoms with Crippen molar-refractivity contribution in [1.29, 1.82) is 0 Å². The van der Waals surface area contributed by atoms with Gasteiger partial charge in [0.05, 0.1) is 12.5 Å². The number of carboxylic acid groups (broad SMARTS) is 1. The Labute approximate surface area is 119 Å². The molecule has 1 fully saturated rings. The van der Waals surface area contributed by atoms with E-state index in [9.17, 15) is 9.90 Å². The third-order valence-corrected chi connectivity index (χ3v) is 3.62. The van der Waals surface area contributed by atoms with Gasteiger partial charge in [0.2, 0.25) is 0 Å². The highest BCUT2D eigenvalue weighted by atomic mass is 16.4. The fraction of sp³-hybridized carbons (Fsp3) is 0.533. The molecule has 0 aliphatic carbocycles. The highest BCUT2D eigenvalue weighted by Crippen LogP contribution is 2.17. The van der Waals surface area contributed by atoms with Gasteiger partial charge < -0.3 is 15.1 Å². The number of aliphatic hydroxyl groups excluding tert-OH is 1. The summed E-state index contributed by atoms with van der Waals surface area (Å²) in [5, 5.41) is 18.3. The zero-order chi connectivity index (χ0) is 14.5. The van der Waals surface area contributed by atoms with E-state index in [1.807, 2.05) is 0 Å². The maximum absolute atomic E-state index is 10.5. The number of aryl methyl sites for hydroxylation is 1. The van der Waals surface area contributed by atoms with Crippen molar-refractivity contribution in [2.45, 2.75) is 19.4 Å². The average molecular weight is 278 g/mol. The molecule has 0 aromatic heterocycles. The lowest BCUT2D eigenvalue weighted by Gasteiger charge is -2.36. The summed E-state index contributed by atoms with van der Waals surface area (Å²) in [5.74, 6) is -0.948. The summed E-state index contributed by atoms with van der Waals surface area (Å²) >= 11 is 0. The van der Waals surface area contributed by atoms with Crippen LogP contribution in [0.25, 0.3) is 0 Å². The number of rotatable bonds is 5. The standard InChI is InChI=1S/C15H22N2O3/c1-12-3-2-4-13(9-12)17-7-5-16(6-8-17)11-14(18)10-15(19)20/h2-4,9,14,18H,5-8,10-11H2,1H3,(H,19,20). The van der Waals surface area contributed by atoms with Crippen molar-refractivity contribution in [3.05, 3.63) is 29.8 Å². The quantitative estimate of drug-likeness (QED) is 0.839. The molecule has 1 aromatic rings. The molecule has 1 aliphatic rings. The Morgan fingerprint density at radius 3 is 2.60 bits per heavy atom. The van der Waals surface area contributed by atoms with Gasteiger partial charge in [-0.25, -0.2) is 0 Å². The highest BCUT2D eigenvalue weighted by Gasteiger charge is 2.20. The third kappa shape index (κ3) is 4.21. The number of piperazine rings is 1. The monoisotopic (exact) mass is 278 g/mol. The Balaban J connectivity index is 1.82. The number of nitrogens with zero attached hydrogens (tertiary/aromatic N) is 2. The first-order chi connectivity index (χ1) is 9.54. The zero-order valence-corrected chi connectivity index (χ0v) is 11.8. The normalized spacial score (nSPS) is 18.0. The number of anilines is 1. The molecule has 2 N–H and O–H groups in total. The van der Waals surface area contributed by atoms with Crippen LogP contribution in [0.1, 0.15) is 12.0 Å². The Hall–Kier alpha value is -1.59. The molecular weight excluding hydrogens is 256 g/mol. The van der Waals surface area contributed by atoms with Gasteiger partial charge in [-0.05, 0) is 24.6 Å². The summed E-state index contributed by atoms with van der Waals surface area (Å²) in [4.78, 5) is 15.0. The van der Waals surface area contributed by atoms with E-state index < -0.39 is 12.1 Å². The van der Waals surface area contributed by atoms with Crippen LogP contribution < -0.4 is 4.90 Å². The summed E-state index contributed by atoms with van der Waals surface area (Å²) in [6, 6.07) is 8.44. The van der Waals surface area contributed by atoms with Crippen LogP contribution in [-0.2, 0) is 4.79 Å². The number of hydrogen-bond donors (Lipinski definition) is 2. The van der Waals surface area contributed by atoms with Crippen LogP contribution in [-0.4, -0.2) is 59.9 Å². The van der Waals surface area contributed by atoms with Gasteiger partial charge >= 0.3 is 5.97 Å². The SMILES string of the molecule is Cc1cccc(N2CCN(CC(O)CC(=O)O)CC2)c1. The van der Waals surface area contributed by atoms with Crippen molar-refractivity contribution >= 4 is 11.7 Å². The van der Waals surface area contributed by atoms with Gasteiger partial charge in [-0.2, -0.15) is 0 Å². The molecule has 0 spiro atoms. The molecule has 1 unspecified atom stereocenters. The smallest absolute Gasteiger partial charge is 0.306 e. The van der Waals surface area contributed by atoms with Crippen LogP contribution in [0.5, 0.6) is 0 Å². The van der Waals surface area contributed by atoms with Crippen LogP contribution in [0.15, 0.2) is 24.3 Å². The Kier molecular flexibility index (Phi) is 4.98. The molecule has 0 saturated carbocycles. The number of aliphatic carboxylic acids is 1. The van der Waals surface area contributed by atoms with Gasteiger partial charge in [-0.15, -0.1) is 0 Å². The highest BCUT2D eigenvalue weighted by molar-refractivity contribution is 5.67. The first kappa shape index (κ1) is 14.8. The maximum atomic E-state index is 10.5. The molecule has 0 bridgehead atoms. The van der Waals surface area contributed by atoms with Gasteiger partial charge in [0.25, 0.3) is 0 Å². The number of benzene rings is 1. The van der Waals surface area contributed by atoms with Gasteiger partial charge in [-0.1, -0.05) is 12.1 Å². The van der Waals surface area contributed by atoms with Crippen molar-refractivity contribution in [2.75, 3.05) is 37.6 Å². The molecule has 5 nitrogen and oxygen atoms in total. The van der Waals surface area contributed by atoms with Gasteiger partial charge in [-0.3, -0.25) is 9.69 Å². The molecule has 110 valence electrons. The second-order valence-corrected chi connectivity index (χ2v) is 5.38. The van der Waals surface area contributed by atoms with Crippen molar-refractivity contribution in [3.63, 3.8) is 0 Å². The summed E-state index contributed by atoms with van der Waals surface area (Å²) in [6.45, 7) is 6.04. The van der Waals surface area contributed by atoms with Gasteiger partial charge in [0.1, 0.15) is 0 Å². The van der Waals surface area contributed by atoms with E-state index in [-0.39, 0.29) is 6.42 Å². The minimum atomic E-state index is -0.948. The third-order valence-electron chi connectivity index (χ3n) is 3.62. The zero-order valence-electron chi connectivity index (χ0n) is 11.8. The van der Waals surface area contributed by atoms with E-state index >= 15 is 0 Å². The van der Waals surface area contributed by atoms with Gasteiger partial charge in [0, 0.05) is 38.4 Å². The Morgan fingerprint density at radius 1 is 1.30 bits per heavy atom. The summed E-state index contributed by atoms with van der Waals surface area (Å²) in [5.41, 5.74) is 2.48. The largest absolute Gasteiger partial charge is 0.481 e. The van der Waals surface area contributed by atoms with Crippen LogP contribution in [0.2, 0.25) is 0 Å². The van der Waals surface area contributed by atoms with E-state index in [2.05, 4.69) is 41.0 Å². The molecule has 2 rings (SSSR count). The number of hydrogen-bond acceptors (Lipinski definition) is 4. The lowest BCUT2D eigenvalue weighted by atomic mass is 10.1. The number of aliphatic hydroxyl groups is 1. The summed E-state index contributed by atoms with van der Waals surface area (Å²) < 4.78 is 0. The maximum Gasteiger partial charge on any atom is 0.306 e.